The summed E-state index contributed by atoms with van der Waals surface area (Å²) in [5.41, 5.74) is 1.75. The fourth-order valence-electron chi connectivity index (χ4n) is 3.78. The van der Waals surface area contributed by atoms with Crippen LogP contribution in [0.3, 0.4) is 0 Å². The van der Waals surface area contributed by atoms with Crippen LogP contribution in [0.1, 0.15) is 23.1 Å². The van der Waals surface area contributed by atoms with E-state index in [1.165, 1.54) is 17.0 Å². The SMILES string of the molecule is CS(=O)(=O)OCCCc1cccc(N2C(=O)C(=Nc3cccc(C(F)(F)F)c3)c3ccccc32)c1. The van der Waals surface area contributed by atoms with E-state index in [0.29, 0.717) is 29.8 Å². The number of anilines is 2. The highest BCUT2D eigenvalue weighted by Crippen LogP contribution is 2.38. The number of amides is 1. The maximum absolute atomic E-state index is 13.4. The predicted octanol–water partition coefficient (Wildman–Crippen LogP) is 5.41. The molecule has 0 saturated carbocycles. The number of hydrogen-bond acceptors (Lipinski definition) is 5. The van der Waals surface area contributed by atoms with Gasteiger partial charge in [0.15, 0.2) is 0 Å². The smallest absolute Gasteiger partial charge is 0.275 e. The number of carbonyl (C=O) groups excluding carboxylic acids is 1. The summed E-state index contributed by atoms with van der Waals surface area (Å²) in [6.45, 7) is 0.0440. The highest BCUT2D eigenvalue weighted by atomic mass is 32.2. The van der Waals surface area contributed by atoms with Crippen LogP contribution >= 0.6 is 0 Å². The molecule has 0 unspecified atom stereocenters. The first-order valence-corrected chi connectivity index (χ1v) is 12.5. The molecule has 4 rings (SSSR count). The van der Waals surface area contributed by atoms with Gasteiger partial charge in [0.1, 0.15) is 5.71 Å². The average molecular weight is 503 g/mol. The van der Waals surface area contributed by atoms with Crippen LogP contribution < -0.4 is 4.90 Å². The van der Waals surface area contributed by atoms with Gasteiger partial charge in [0.2, 0.25) is 0 Å². The minimum Gasteiger partial charge on any atom is -0.275 e. The number of aryl methyl sites for hydroxylation is 1. The van der Waals surface area contributed by atoms with E-state index in [1.807, 2.05) is 12.1 Å². The van der Waals surface area contributed by atoms with Crippen molar-refractivity contribution in [2.24, 2.45) is 4.99 Å². The maximum Gasteiger partial charge on any atom is 0.416 e. The number of alkyl halides is 3. The number of nitrogens with zero attached hydrogens (tertiary/aromatic N) is 2. The first-order chi connectivity index (χ1) is 16.5. The van der Waals surface area contributed by atoms with E-state index in [1.54, 1.807) is 36.4 Å². The lowest BCUT2D eigenvalue weighted by Gasteiger charge is -2.18. The Bertz CT molecular complexity index is 1400. The molecule has 35 heavy (non-hydrogen) atoms. The van der Waals surface area contributed by atoms with E-state index < -0.39 is 27.8 Å². The van der Waals surface area contributed by atoms with E-state index in [4.69, 9.17) is 4.18 Å². The summed E-state index contributed by atoms with van der Waals surface area (Å²) in [6.07, 6.45) is -2.54. The van der Waals surface area contributed by atoms with Crippen LogP contribution in [-0.4, -0.2) is 32.9 Å². The molecule has 0 atom stereocenters. The van der Waals surface area contributed by atoms with Gasteiger partial charge in [-0.3, -0.25) is 13.9 Å². The molecule has 0 aliphatic carbocycles. The molecule has 0 bridgehead atoms. The third-order valence-corrected chi connectivity index (χ3v) is 5.89. The number of para-hydroxylation sites is 1. The van der Waals surface area contributed by atoms with Gasteiger partial charge >= 0.3 is 6.18 Å². The first-order valence-electron chi connectivity index (χ1n) is 10.7. The molecule has 10 heteroatoms. The van der Waals surface area contributed by atoms with Crippen LogP contribution in [-0.2, 0) is 31.7 Å². The molecule has 3 aromatic carbocycles. The van der Waals surface area contributed by atoms with E-state index in [0.717, 1.165) is 24.0 Å². The third kappa shape index (κ3) is 5.77. The number of carbonyl (C=O) groups is 1. The molecule has 0 N–H and O–H groups in total. The number of hydrogen-bond donors (Lipinski definition) is 0. The Morgan fingerprint density at radius 3 is 2.46 bits per heavy atom. The first kappa shape index (κ1) is 24.6. The monoisotopic (exact) mass is 502 g/mol. The van der Waals surface area contributed by atoms with Crippen molar-refractivity contribution in [3.8, 4) is 0 Å². The number of halogens is 3. The molecule has 0 saturated heterocycles. The second-order valence-corrected chi connectivity index (χ2v) is 9.61. The topological polar surface area (TPSA) is 76.0 Å². The van der Waals surface area contributed by atoms with Crippen LogP contribution in [0.4, 0.5) is 30.2 Å². The summed E-state index contributed by atoms with van der Waals surface area (Å²) in [4.78, 5) is 19.2. The lowest BCUT2D eigenvalue weighted by atomic mass is 10.1. The molecule has 1 heterocycles. The molecule has 0 fully saturated rings. The quantitative estimate of drug-likeness (QED) is 0.320. The highest BCUT2D eigenvalue weighted by Gasteiger charge is 2.35. The third-order valence-electron chi connectivity index (χ3n) is 5.30. The summed E-state index contributed by atoms with van der Waals surface area (Å²) in [5.74, 6) is -0.457. The van der Waals surface area contributed by atoms with Crippen molar-refractivity contribution in [1.82, 2.24) is 0 Å². The van der Waals surface area contributed by atoms with E-state index >= 15 is 0 Å². The van der Waals surface area contributed by atoms with Crippen molar-refractivity contribution in [3.63, 3.8) is 0 Å². The number of aliphatic imine (C=N–C) groups is 1. The Hall–Kier alpha value is -3.50. The zero-order valence-electron chi connectivity index (χ0n) is 18.6. The van der Waals surface area contributed by atoms with Crippen molar-refractivity contribution >= 4 is 38.8 Å². The van der Waals surface area contributed by atoms with Gasteiger partial charge in [0, 0.05) is 11.3 Å². The van der Waals surface area contributed by atoms with E-state index in [9.17, 15) is 26.4 Å². The van der Waals surface area contributed by atoms with Crippen molar-refractivity contribution in [2.75, 3.05) is 17.8 Å². The minimum absolute atomic E-state index is 0.0273. The Balaban J connectivity index is 1.64. The standard InChI is InChI=1S/C25H21F3N2O4S/c1-35(32,33)34-14-6-8-17-7-4-11-20(15-17)30-22-13-3-2-12-21(22)23(24(30)31)29-19-10-5-9-18(16-19)25(26,27)28/h2-5,7,9-13,15-16H,6,8,14H2,1H3. The molecule has 1 aliphatic heterocycles. The molecule has 1 aliphatic rings. The van der Waals surface area contributed by atoms with Gasteiger partial charge in [-0.05, 0) is 54.8 Å². The molecule has 0 spiro atoms. The van der Waals surface area contributed by atoms with Crippen LogP contribution in [0.25, 0.3) is 0 Å². The van der Waals surface area contributed by atoms with Gasteiger partial charge in [-0.25, -0.2) is 4.99 Å². The Morgan fingerprint density at radius 2 is 1.71 bits per heavy atom. The fraction of sp³-hybridized carbons (Fsp3) is 0.200. The zero-order valence-corrected chi connectivity index (χ0v) is 19.4. The lowest BCUT2D eigenvalue weighted by Crippen LogP contribution is -2.25. The molecule has 3 aromatic rings. The van der Waals surface area contributed by atoms with Gasteiger partial charge in [0.05, 0.1) is 29.8 Å². The van der Waals surface area contributed by atoms with Crippen LogP contribution in [0, 0.1) is 0 Å². The summed E-state index contributed by atoms with van der Waals surface area (Å²) < 4.78 is 66.4. The number of benzene rings is 3. The molecule has 1 amide bonds. The zero-order chi connectivity index (χ0) is 25.2. The largest absolute Gasteiger partial charge is 0.416 e. The second kappa shape index (κ2) is 9.63. The number of fused-ring (bicyclic) bond motifs is 1. The summed E-state index contributed by atoms with van der Waals surface area (Å²) >= 11 is 0. The average Bonchev–Trinajstić information content (AvgIpc) is 3.07. The van der Waals surface area contributed by atoms with Gasteiger partial charge in [-0.2, -0.15) is 21.6 Å². The minimum atomic E-state index is -4.52. The highest BCUT2D eigenvalue weighted by molar-refractivity contribution is 7.85. The van der Waals surface area contributed by atoms with E-state index in [2.05, 4.69) is 4.99 Å². The molecule has 6 nitrogen and oxygen atoms in total. The summed E-state index contributed by atoms with van der Waals surface area (Å²) in [7, 11) is -3.51. The normalized spacial score (nSPS) is 15.0. The second-order valence-electron chi connectivity index (χ2n) is 7.97. The van der Waals surface area contributed by atoms with Crippen molar-refractivity contribution in [1.29, 1.82) is 0 Å². The Morgan fingerprint density at radius 1 is 0.971 bits per heavy atom. The van der Waals surface area contributed by atoms with Crippen LogP contribution in [0.5, 0.6) is 0 Å². The molecular weight excluding hydrogens is 481 g/mol. The molecule has 182 valence electrons. The van der Waals surface area contributed by atoms with Gasteiger partial charge < -0.3 is 0 Å². The maximum atomic E-state index is 13.4. The summed E-state index contributed by atoms with van der Waals surface area (Å²) in [5, 5.41) is 0. The summed E-state index contributed by atoms with van der Waals surface area (Å²) in [6, 6.07) is 18.7. The van der Waals surface area contributed by atoms with Gasteiger partial charge in [-0.1, -0.05) is 36.4 Å². The van der Waals surface area contributed by atoms with E-state index in [-0.39, 0.29) is 18.0 Å². The Kier molecular flexibility index (Phi) is 6.77. The van der Waals surface area contributed by atoms with Gasteiger partial charge in [0.25, 0.3) is 16.0 Å². The van der Waals surface area contributed by atoms with Crippen molar-refractivity contribution in [2.45, 2.75) is 19.0 Å². The van der Waals surface area contributed by atoms with Crippen molar-refractivity contribution < 1.29 is 30.6 Å². The van der Waals surface area contributed by atoms with Crippen LogP contribution in [0.2, 0.25) is 0 Å². The van der Waals surface area contributed by atoms with Gasteiger partial charge in [-0.15, -0.1) is 0 Å². The lowest BCUT2D eigenvalue weighted by molar-refractivity contribution is -0.137. The number of rotatable bonds is 7. The molecule has 0 aromatic heterocycles. The molecule has 0 radical (unpaired) electrons. The molecular formula is C25H21F3N2O4S. The predicted molar refractivity (Wildman–Crippen MR) is 127 cm³/mol. The Labute approximate surface area is 200 Å². The fourth-order valence-corrected chi connectivity index (χ4v) is 4.20. The van der Waals surface area contributed by atoms with Crippen molar-refractivity contribution in [3.05, 3.63) is 89.5 Å². The van der Waals surface area contributed by atoms with Crippen LogP contribution in [0.15, 0.2) is 77.8 Å².